The second-order valence-corrected chi connectivity index (χ2v) is 11.3. The molecule has 4 aromatic rings. The smallest absolute Gasteiger partial charge is 0.278 e. The van der Waals surface area contributed by atoms with E-state index >= 15 is 0 Å². The largest absolute Gasteiger partial charge is 0.508 e. The zero-order chi connectivity index (χ0) is 28.3. The third-order valence-corrected chi connectivity index (χ3v) is 8.48. The molecular formula is C33H32BrN3O4. The Kier molecular flexibility index (Phi) is 7.83. The molecule has 3 aromatic carbocycles. The van der Waals surface area contributed by atoms with E-state index in [0.717, 1.165) is 30.4 Å². The number of alkyl halides is 1. The van der Waals surface area contributed by atoms with Crippen molar-refractivity contribution in [3.63, 3.8) is 0 Å². The van der Waals surface area contributed by atoms with Crippen LogP contribution in [0.5, 0.6) is 11.5 Å². The summed E-state index contributed by atoms with van der Waals surface area (Å²) in [7, 11) is 0. The molecule has 8 heteroatoms. The van der Waals surface area contributed by atoms with Crippen LogP contribution in [0, 0.1) is 0 Å². The zero-order valence-electron chi connectivity index (χ0n) is 22.6. The number of fused-ring (bicyclic) bond motifs is 1. The number of phenolic OH excluding ortho intramolecular Hbond substituents is 1. The van der Waals surface area contributed by atoms with Crippen LogP contribution in [0.4, 0.5) is 0 Å². The Morgan fingerprint density at radius 3 is 2.24 bits per heavy atom. The number of pyridine rings is 1. The lowest BCUT2D eigenvalue weighted by Crippen LogP contribution is -2.65. The van der Waals surface area contributed by atoms with Crippen LogP contribution in [0.1, 0.15) is 58.9 Å². The highest BCUT2D eigenvalue weighted by Crippen LogP contribution is 2.41. The quantitative estimate of drug-likeness (QED) is 0.235. The summed E-state index contributed by atoms with van der Waals surface area (Å²) in [6.07, 6.45) is 4.83. The molecule has 7 nitrogen and oxygen atoms in total. The molecule has 210 valence electrons. The standard InChI is InChI=1S/C33H32BrN3O4/c34-20-18-29-36(25-14-9-15-25)33(40)31-32(41-22-23-10-3-1-4-11-23)28(39)19-21-35(31)37(29)30(24-12-5-2-6-13-24)26-16-7-8-17-27(26)38/h1-8,10-13,16-17,19,21,25,29-30,38H,9,14-15,18,20,22H2. The summed E-state index contributed by atoms with van der Waals surface area (Å²) in [5.41, 5.74) is 2.43. The van der Waals surface area contributed by atoms with Gasteiger partial charge in [0.05, 0.1) is 0 Å². The van der Waals surface area contributed by atoms with Crippen molar-refractivity contribution in [2.75, 3.05) is 10.3 Å². The highest BCUT2D eigenvalue weighted by Gasteiger charge is 2.47. The second-order valence-electron chi connectivity index (χ2n) is 10.5. The summed E-state index contributed by atoms with van der Waals surface area (Å²) in [4.78, 5) is 29.7. The third-order valence-electron chi connectivity index (χ3n) is 8.02. The molecule has 1 aliphatic heterocycles. The number of para-hydroxylation sites is 1. The number of carbonyl (C=O) groups excluding carboxylic acids is 1. The number of amides is 1. The van der Waals surface area contributed by atoms with E-state index in [1.807, 2.05) is 77.7 Å². The van der Waals surface area contributed by atoms with Crippen molar-refractivity contribution < 1.29 is 14.6 Å². The van der Waals surface area contributed by atoms with Gasteiger partial charge in [0.25, 0.3) is 5.91 Å². The first-order chi connectivity index (χ1) is 20.1. The monoisotopic (exact) mass is 613 g/mol. The molecule has 1 aliphatic carbocycles. The predicted octanol–water partition coefficient (Wildman–Crippen LogP) is 5.98. The fourth-order valence-electron chi connectivity index (χ4n) is 5.86. The van der Waals surface area contributed by atoms with Gasteiger partial charge >= 0.3 is 0 Å². The Morgan fingerprint density at radius 1 is 0.902 bits per heavy atom. The fourth-order valence-corrected chi connectivity index (χ4v) is 6.27. The van der Waals surface area contributed by atoms with Crippen LogP contribution in [0.15, 0.2) is 102 Å². The van der Waals surface area contributed by atoms with Gasteiger partial charge in [-0.3, -0.25) is 19.3 Å². The maximum atomic E-state index is 14.4. The number of halogens is 1. The van der Waals surface area contributed by atoms with Crippen molar-refractivity contribution in [2.45, 2.75) is 50.5 Å². The van der Waals surface area contributed by atoms with Gasteiger partial charge in [0, 0.05) is 29.2 Å². The molecule has 2 heterocycles. The minimum atomic E-state index is -0.458. The summed E-state index contributed by atoms with van der Waals surface area (Å²) >= 11 is 3.64. The number of phenols is 1. The van der Waals surface area contributed by atoms with Gasteiger partial charge in [0.1, 0.15) is 24.6 Å². The molecule has 0 saturated heterocycles. The molecule has 0 radical (unpaired) electrons. The molecule has 1 amide bonds. The van der Waals surface area contributed by atoms with Crippen LogP contribution in [0.2, 0.25) is 0 Å². The van der Waals surface area contributed by atoms with E-state index in [-0.39, 0.29) is 47.3 Å². The molecule has 0 spiro atoms. The van der Waals surface area contributed by atoms with Crippen molar-refractivity contribution in [1.82, 2.24) is 9.58 Å². The molecule has 2 atom stereocenters. The van der Waals surface area contributed by atoms with Gasteiger partial charge in [0.2, 0.25) is 5.43 Å². The Balaban J connectivity index is 1.57. The van der Waals surface area contributed by atoms with Crippen molar-refractivity contribution in [2.24, 2.45) is 0 Å². The summed E-state index contributed by atoms with van der Waals surface area (Å²) in [6.45, 7) is 0.163. The number of carbonyl (C=O) groups is 1. The molecule has 1 aromatic heterocycles. The third kappa shape index (κ3) is 5.12. The molecule has 1 N–H and O–H groups in total. The van der Waals surface area contributed by atoms with Crippen molar-refractivity contribution in [3.05, 3.63) is 130 Å². The Hall–Kier alpha value is -4.04. The lowest BCUT2D eigenvalue weighted by Gasteiger charge is -2.53. The van der Waals surface area contributed by atoms with Crippen molar-refractivity contribution in [3.8, 4) is 11.5 Å². The topological polar surface area (TPSA) is 75.0 Å². The normalized spacial score (nSPS) is 17.6. The molecule has 1 fully saturated rings. The lowest BCUT2D eigenvalue weighted by atomic mass is 9.89. The zero-order valence-corrected chi connectivity index (χ0v) is 24.2. The van der Waals surface area contributed by atoms with Crippen LogP contribution in [0.3, 0.4) is 0 Å². The summed E-state index contributed by atoms with van der Waals surface area (Å²) < 4.78 is 7.95. The van der Waals surface area contributed by atoms with Crippen LogP contribution in [-0.4, -0.2) is 38.1 Å². The molecule has 6 rings (SSSR count). The van der Waals surface area contributed by atoms with Gasteiger partial charge in [-0.25, -0.2) is 0 Å². The Morgan fingerprint density at radius 2 is 1.59 bits per heavy atom. The van der Waals surface area contributed by atoms with E-state index in [1.165, 1.54) is 6.07 Å². The number of ether oxygens (including phenoxy) is 1. The van der Waals surface area contributed by atoms with Crippen molar-refractivity contribution >= 4 is 21.8 Å². The minimum Gasteiger partial charge on any atom is -0.508 e. The number of hydrogen-bond acceptors (Lipinski definition) is 5. The average Bonchev–Trinajstić information content (AvgIpc) is 2.97. The molecule has 1 saturated carbocycles. The van der Waals surface area contributed by atoms with Gasteiger partial charge in [0.15, 0.2) is 11.4 Å². The number of nitrogens with zero attached hydrogens (tertiary/aromatic N) is 3. The number of rotatable bonds is 9. The molecule has 2 aliphatic rings. The lowest BCUT2D eigenvalue weighted by molar-refractivity contribution is 0.0267. The van der Waals surface area contributed by atoms with Crippen LogP contribution >= 0.6 is 15.9 Å². The summed E-state index contributed by atoms with van der Waals surface area (Å²) in [6, 6.07) is 27.9. The Bertz CT molecular complexity index is 1570. The molecule has 41 heavy (non-hydrogen) atoms. The fraction of sp³-hybridized carbons (Fsp3) is 0.273. The number of aromatic hydroxyl groups is 1. The van der Waals surface area contributed by atoms with Crippen molar-refractivity contribution in [1.29, 1.82) is 0 Å². The van der Waals surface area contributed by atoms with Gasteiger partial charge in [-0.15, -0.1) is 0 Å². The molecule has 2 unspecified atom stereocenters. The summed E-state index contributed by atoms with van der Waals surface area (Å²) in [5, 5.41) is 13.9. The molecule has 0 bridgehead atoms. The maximum Gasteiger partial charge on any atom is 0.278 e. The summed E-state index contributed by atoms with van der Waals surface area (Å²) in [5.74, 6) is -0.00648. The Labute approximate surface area is 247 Å². The number of aromatic nitrogens is 1. The van der Waals surface area contributed by atoms with Crippen LogP contribution in [0.25, 0.3) is 0 Å². The highest BCUT2D eigenvalue weighted by atomic mass is 79.9. The van der Waals surface area contributed by atoms with Crippen LogP contribution in [-0.2, 0) is 6.61 Å². The maximum absolute atomic E-state index is 14.4. The van der Waals surface area contributed by atoms with Gasteiger partial charge in [-0.1, -0.05) is 94.8 Å². The average molecular weight is 615 g/mol. The van der Waals surface area contributed by atoms with E-state index < -0.39 is 6.04 Å². The first-order valence-electron chi connectivity index (χ1n) is 14.0. The van der Waals surface area contributed by atoms with E-state index in [9.17, 15) is 14.7 Å². The van der Waals surface area contributed by atoms with Gasteiger partial charge in [-0.05, 0) is 42.9 Å². The number of benzene rings is 3. The van der Waals surface area contributed by atoms with Gasteiger partial charge in [-0.2, -0.15) is 0 Å². The van der Waals surface area contributed by atoms with E-state index in [2.05, 4.69) is 20.9 Å². The van der Waals surface area contributed by atoms with E-state index in [0.29, 0.717) is 17.3 Å². The first-order valence-corrected chi connectivity index (χ1v) is 15.1. The SMILES string of the molecule is O=C1c2c(OCc3ccccc3)c(=O)ccn2N(C(c2ccccc2)c2ccccc2O)C(CCBr)N1C1CCC1. The van der Waals surface area contributed by atoms with Gasteiger partial charge < -0.3 is 14.7 Å². The van der Waals surface area contributed by atoms with E-state index in [1.54, 1.807) is 23.0 Å². The number of hydrogen-bond donors (Lipinski definition) is 1. The first kappa shape index (κ1) is 27.1. The minimum absolute atomic E-state index is 0.0389. The van der Waals surface area contributed by atoms with E-state index in [4.69, 9.17) is 4.74 Å². The predicted molar refractivity (Wildman–Crippen MR) is 162 cm³/mol. The second kappa shape index (κ2) is 11.8. The molecular weight excluding hydrogens is 582 g/mol. The highest BCUT2D eigenvalue weighted by molar-refractivity contribution is 9.09. The van der Waals surface area contributed by atoms with Crippen LogP contribution < -0.4 is 15.2 Å².